The van der Waals surface area contributed by atoms with Gasteiger partial charge in [0.15, 0.2) is 0 Å². The second-order valence-corrected chi connectivity index (χ2v) is 3.36. The fourth-order valence-corrected chi connectivity index (χ4v) is 0.703. The average Bonchev–Trinajstić information content (AvgIpc) is 2.04. The molecule has 0 rings (SSSR count). The lowest BCUT2D eigenvalue weighted by atomic mass is 10.1. The highest BCUT2D eigenvalue weighted by Crippen LogP contribution is 2.05. The molecule has 0 radical (unpaired) electrons. The summed E-state index contributed by atoms with van der Waals surface area (Å²) in [7, 11) is 0. The zero-order valence-electron chi connectivity index (χ0n) is 8.54. The first-order valence-corrected chi connectivity index (χ1v) is 4.56. The zero-order valence-corrected chi connectivity index (χ0v) is 8.54. The van der Waals surface area contributed by atoms with Crippen LogP contribution in [0.1, 0.15) is 34.1 Å². The van der Waals surface area contributed by atoms with Crippen LogP contribution < -0.4 is 5.73 Å². The van der Waals surface area contributed by atoms with E-state index in [1.165, 1.54) is 0 Å². The summed E-state index contributed by atoms with van der Waals surface area (Å²) in [6, 6.07) is 0.402. The number of allylic oxidation sites excluding steroid dienone is 1. The van der Waals surface area contributed by atoms with E-state index >= 15 is 0 Å². The van der Waals surface area contributed by atoms with E-state index in [0.717, 1.165) is 12.0 Å². The summed E-state index contributed by atoms with van der Waals surface area (Å²) >= 11 is 0. The molecule has 0 aromatic carbocycles. The van der Waals surface area contributed by atoms with Crippen LogP contribution in [0.4, 0.5) is 0 Å². The van der Waals surface area contributed by atoms with Gasteiger partial charge >= 0.3 is 0 Å². The van der Waals surface area contributed by atoms with Crippen LogP contribution >= 0.6 is 0 Å². The maximum Gasteiger partial charge on any atom is 0.0468 e. The Labute approximate surface area is 75.6 Å². The minimum atomic E-state index is 0.402. The summed E-state index contributed by atoms with van der Waals surface area (Å²) in [5.74, 6) is 0.461. The molecule has 0 saturated heterocycles. The van der Waals surface area contributed by atoms with Gasteiger partial charge in [-0.25, -0.2) is 0 Å². The molecule has 2 N–H and O–H groups in total. The number of hydrogen-bond donors (Lipinski definition) is 1. The van der Waals surface area contributed by atoms with Crippen molar-refractivity contribution in [2.75, 3.05) is 0 Å². The maximum atomic E-state index is 5.45. The third kappa shape index (κ3) is 4.16. The van der Waals surface area contributed by atoms with E-state index in [4.69, 9.17) is 5.73 Å². The van der Waals surface area contributed by atoms with E-state index in [9.17, 15) is 0 Å². The van der Waals surface area contributed by atoms with Gasteiger partial charge in [0.2, 0.25) is 0 Å². The standard InChI is InChI=1S/C10H20N2/c1-5-9(4)12-7-10(6-11)8(2)3/h6-9H,5,11H2,1-4H3/b10-6+,12-7?. The van der Waals surface area contributed by atoms with Gasteiger partial charge in [-0.2, -0.15) is 0 Å². The molecule has 70 valence electrons. The molecule has 12 heavy (non-hydrogen) atoms. The molecule has 0 amide bonds. The Kier molecular flexibility index (Phi) is 5.43. The van der Waals surface area contributed by atoms with Gasteiger partial charge in [-0.15, -0.1) is 0 Å². The molecule has 0 aromatic heterocycles. The summed E-state index contributed by atoms with van der Waals surface area (Å²) < 4.78 is 0. The van der Waals surface area contributed by atoms with Crippen molar-refractivity contribution in [3.8, 4) is 0 Å². The first-order chi connectivity index (χ1) is 5.61. The number of hydrogen-bond acceptors (Lipinski definition) is 2. The Bertz CT molecular complexity index is 169. The Hall–Kier alpha value is -0.790. The Morgan fingerprint density at radius 2 is 2.00 bits per heavy atom. The fourth-order valence-electron chi connectivity index (χ4n) is 0.703. The van der Waals surface area contributed by atoms with E-state index in [1.54, 1.807) is 6.20 Å². The van der Waals surface area contributed by atoms with Crippen LogP contribution in [0.25, 0.3) is 0 Å². The van der Waals surface area contributed by atoms with Crippen LogP contribution in [0.3, 0.4) is 0 Å². The van der Waals surface area contributed by atoms with Gasteiger partial charge in [-0.05, 0) is 31.0 Å². The molecule has 0 aliphatic carbocycles. The molecule has 0 aromatic rings. The summed E-state index contributed by atoms with van der Waals surface area (Å²) in [5, 5.41) is 0. The van der Waals surface area contributed by atoms with Crippen LogP contribution in [0, 0.1) is 5.92 Å². The summed E-state index contributed by atoms with van der Waals surface area (Å²) in [4.78, 5) is 4.36. The smallest absolute Gasteiger partial charge is 0.0468 e. The topological polar surface area (TPSA) is 38.4 Å². The van der Waals surface area contributed by atoms with Gasteiger partial charge in [0.25, 0.3) is 0 Å². The van der Waals surface area contributed by atoms with Crippen LogP contribution in [-0.2, 0) is 0 Å². The summed E-state index contributed by atoms with van der Waals surface area (Å²) in [6.07, 6.45) is 4.60. The van der Waals surface area contributed by atoms with E-state index in [-0.39, 0.29) is 0 Å². The molecule has 1 unspecified atom stereocenters. The predicted molar refractivity (Wildman–Crippen MR) is 55.4 cm³/mol. The molecule has 0 saturated carbocycles. The van der Waals surface area contributed by atoms with E-state index < -0.39 is 0 Å². The average molecular weight is 168 g/mol. The molecule has 0 aliphatic rings. The molecule has 2 nitrogen and oxygen atoms in total. The minimum Gasteiger partial charge on any atom is -0.404 e. The highest BCUT2D eigenvalue weighted by Gasteiger charge is 1.99. The van der Waals surface area contributed by atoms with Crippen molar-refractivity contribution in [1.29, 1.82) is 0 Å². The molecule has 0 heterocycles. The Morgan fingerprint density at radius 1 is 1.42 bits per heavy atom. The molecule has 0 fully saturated rings. The lowest BCUT2D eigenvalue weighted by Gasteiger charge is -2.05. The maximum absolute atomic E-state index is 5.45. The van der Waals surface area contributed by atoms with Gasteiger partial charge in [-0.1, -0.05) is 20.8 Å². The Morgan fingerprint density at radius 3 is 2.33 bits per heavy atom. The number of rotatable bonds is 4. The van der Waals surface area contributed by atoms with E-state index in [2.05, 4.69) is 32.7 Å². The lowest BCUT2D eigenvalue weighted by molar-refractivity contribution is 0.716. The second kappa shape index (κ2) is 5.81. The molecular formula is C10H20N2. The van der Waals surface area contributed by atoms with Gasteiger partial charge in [-0.3, -0.25) is 4.99 Å². The molecule has 2 heteroatoms. The van der Waals surface area contributed by atoms with E-state index in [1.807, 2.05) is 6.21 Å². The number of nitrogens with two attached hydrogens (primary N) is 1. The van der Waals surface area contributed by atoms with Crippen molar-refractivity contribution < 1.29 is 0 Å². The van der Waals surface area contributed by atoms with Crippen molar-refractivity contribution in [3.05, 3.63) is 11.8 Å². The highest BCUT2D eigenvalue weighted by atomic mass is 14.7. The second-order valence-electron chi connectivity index (χ2n) is 3.36. The van der Waals surface area contributed by atoms with Gasteiger partial charge in [0, 0.05) is 12.3 Å². The molecular weight excluding hydrogens is 148 g/mol. The summed E-state index contributed by atoms with van der Waals surface area (Å²) in [5.41, 5.74) is 6.55. The third-order valence-corrected chi connectivity index (χ3v) is 1.93. The van der Waals surface area contributed by atoms with Gasteiger partial charge in [0.05, 0.1) is 0 Å². The lowest BCUT2D eigenvalue weighted by Crippen LogP contribution is -2.02. The minimum absolute atomic E-state index is 0.402. The van der Waals surface area contributed by atoms with E-state index in [0.29, 0.717) is 12.0 Å². The van der Waals surface area contributed by atoms with Crippen LogP contribution in [-0.4, -0.2) is 12.3 Å². The zero-order chi connectivity index (χ0) is 9.56. The first kappa shape index (κ1) is 11.2. The van der Waals surface area contributed by atoms with Crippen molar-refractivity contribution in [2.24, 2.45) is 16.6 Å². The SMILES string of the molecule is CCC(C)N=C/C(=C\N)C(C)C. The number of nitrogens with zero attached hydrogens (tertiary/aromatic N) is 1. The van der Waals surface area contributed by atoms with Crippen molar-refractivity contribution in [3.63, 3.8) is 0 Å². The first-order valence-electron chi connectivity index (χ1n) is 4.56. The van der Waals surface area contributed by atoms with Crippen LogP contribution in [0.5, 0.6) is 0 Å². The Balaban J connectivity index is 4.12. The monoisotopic (exact) mass is 168 g/mol. The summed E-state index contributed by atoms with van der Waals surface area (Å²) in [6.45, 7) is 8.46. The van der Waals surface area contributed by atoms with Crippen molar-refractivity contribution >= 4 is 6.21 Å². The van der Waals surface area contributed by atoms with Gasteiger partial charge in [0.1, 0.15) is 0 Å². The normalized spacial score (nSPS) is 15.9. The largest absolute Gasteiger partial charge is 0.404 e. The van der Waals surface area contributed by atoms with Crippen LogP contribution in [0.15, 0.2) is 16.8 Å². The predicted octanol–water partition coefficient (Wildman–Crippen LogP) is 2.35. The van der Waals surface area contributed by atoms with Gasteiger partial charge < -0.3 is 5.73 Å². The molecule has 1 atom stereocenters. The molecule has 0 aliphatic heterocycles. The van der Waals surface area contributed by atoms with Crippen LogP contribution in [0.2, 0.25) is 0 Å². The molecule has 0 spiro atoms. The fraction of sp³-hybridized carbons (Fsp3) is 0.700. The number of aliphatic imine (C=N–C) groups is 1. The molecule has 0 bridgehead atoms. The highest BCUT2D eigenvalue weighted by molar-refractivity contribution is 5.78. The third-order valence-electron chi connectivity index (χ3n) is 1.93. The van der Waals surface area contributed by atoms with Crippen molar-refractivity contribution in [1.82, 2.24) is 0 Å². The quantitative estimate of drug-likeness (QED) is 0.643. The van der Waals surface area contributed by atoms with Crippen molar-refractivity contribution in [2.45, 2.75) is 40.2 Å².